The van der Waals surface area contributed by atoms with Gasteiger partial charge in [0.2, 0.25) is 5.89 Å². The van der Waals surface area contributed by atoms with E-state index in [0.717, 1.165) is 31.9 Å². The average Bonchev–Trinajstić information content (AvgIpc) is 3.27. The van der Waals surface area contributed by atoms with E-state index in [9.17, 15) is 9.18 Å². The zero-order valence-electron chi connectivity index (χ0n) is 15.1. The molecule has 0 bridgehead atoms. The molecule has 2 atom stereocenters. The first-order valence-electron chi connectivity index (χ1n) is 9.21. The SMILES string of the molecule is CC(C)Cc1nc([C@@]23CCC[C@@H]2CN(C(=O)c2ccncc2F)C3)no1. The normalized spacial score (nSPS) is 25.1. The molecule has 0 radical (unpaired) electrons. The van der Waals surface area contributed by atoms with Gasteiger partial charge in [-0.3, -0.25) is 9.78 Å². The Kier molecular flexibility index (Phi) is 4.25. The van der Waals surface area contributed by atoms with E-state index in [1.807, 2.05) is 0 Å². The second kappa shape index (κ2) is 6.45. The molecule has 0 spiro atoms. The summed E-state index contributed by atoms with van der Waals surface area (Å²) in [6, 6.07) is 1.44. The first-order valence-corrected chi connectivity index (χ1v) is 9.21. The number of rotatable bonds is 4. The number of nitrogens with zero attached hydrogens (tertiary/aromatic N) is 4. The van der Waals surface area contributed by atoms with Crippen LogP contribution in [-0.4, -0.2) is 39.0 Å². The highest BCUT2D eigenvalue weighted by molar-refractivity contribution is 5.94. The van der Waals surface area contributed by atoms with Crippen molar-refractivity contribution < 1.29 is 13.7 Å². The largest absolute Gasteiger partial charge is 0.339 e. The summed E-state index contributed by atoms with van der Waals surface area (Å²) in [6.45, 7) is 5.34. The Balaban J connectivity index is 1.60. The first kappa shape index (κ1) is 17.1. The molecular weight excluding hydrogens is 335 g/mol. The minimum absolute atomic E-state index is 0.0729. The molecule has 2 aromatic rings. The van der Waals surface area contributed by atoms with E-state index in [1.165, 1.54) is 12.3 Å². The summed E-state index contributed by atoms with van der Waals surface area (Å²) in [5, 5.41) is 4.26. The number of carbonyl (C=O) groups excluding carboxylic acids is 1. The van der Waals surface area contributed by atoms with E-state index in [2.05, 4.69) is 29.0 Å². The van der Waals surface area contributed by atoms with Crippen LogP contribution in [0.25, 0.3) is 0 Å². The van der Waals surface area contributed by atoms with Crippen LogP contribution in [0.15, 0.2) is 23.0 Å². The quantitative estimate of drug-likeness (QED) is 0.840. The molecule has 1 saturated heterocycles. The Morgan fingerprint density at radius 3 is 3.12 bits per heavy atom. The molecule has 1 aliphatic heterocycles. The Labute approximate surface area is 151 Å². The van der Waals surface area contributed by atoms with Gasteiger partial charge >= 0.3 is 0 Å². The van der Waals surface area contributed by atoms with Crippen LogP contribution in [0.5, 0.6) is 0 Å². The van der Waals surface area contributed by atoms with E-state index in [1.54, 1.807) is 4.90 Å². The third-order valence-corrected chi connectivity index (χ3v) is 5.66. The van der Waals surface area contributed by atoms with Gasteiger partial charge in [0.25, 0.3) is 5.91 Å². The maximum Gasteiger partial charge on any atom is 0.256 e. The van der Waals surface area contributed by atoms with Crippen LogP contribution in [0.2, 0.25) is 0 Å². The van der Waals surface area contributed by atoms with E-state index in [4.69, 9.17) is 4.52 Å². The van der Waals surface area contributed by atoms with Crippen molar-refractivity contribution in [2.24, 2.45) is 11.8 Å². The van der Waals surface area contributed by atoms with Gasteiger partial charge in [-0.2, -0.15) is 4.98 Å². The Morgan fingerprint density at radius 1 is 1.50 bits per heavy atom. The predicted molar refractivity (Wildman–Crippen MR) is 92.0 cm³/mol. The minimum Gasteiger partial charge on any atom is -0.339 e. The van der Waals surface area contributed by atoms with Crippen molar-refractivity contribution in [1.82, 2.24) is 20.0 Å². The first-order chi connectivity index (χ1) is 12.5. The summed E-state index contributed by atoms with van der Waals surface area (Å²) < 4.78 is 19.4. The van der Waals surface area contributed by atoms with E-state index < -0.39 is 5.82 Å². The number of hydrogen-bond acceptors (Lipinski definition) is 5. The molecule has 3 heterocycles. The summed E-state index contributed by atoms with van der Waals surface area (Å²) in [4.78, 5) is 22.9. The monoisotopic (exact) mass is 358 g/mol. The second-order valence-electron chi connectivity index (χ2n) is 7.90. The highest BCUT2D eigenvalue weighted by Gasteiger charge is 2.54. The number of aromatic nitrogens is 3. The molecule has 2 aromatic heterocycles. The van der Waals surface area contributed by atoms with Crippen molar-refractivity contribution in [2.75, 3.05) is 13.1 Å². The maximum absolute atomic E-state index is 14.0. The van der Waals surface area contributed by atoms with Crippen molar-refractivity contribution in [2.45, 2.75) is 44.9 Å². The number of amides is 1. The van der Waals surface area contributed by atoms with Crippen molar-refractivity contribution in [3.63, 3.8) is 0 Å². The summed E-state index contributed by atoms with van der Waals surface area (Å²) >= 11 is 0. The summed E-state index contributed by atoms with van der Waals surface area (Å²) in [5.74, 6) is 1.23. The fourth-order valence-electron chi connectivity index (χ4n) is 4.42. The van der Waals surface area contributed by atoms with Crippen LogP contribution in [0, 0.1) is 17.7 Å². The summed E-state index contributed by atoms with van der Waals surface area (Å²) in [5.41, 5.74) is -0.193. The van der Waals surface area contributed by atoms with E-state index >= 15 is 0 Å². The maximum atomic E-state index is 14.0. The topological polar surface area (TPSA) is 72.1 Å². The fraction of sp³-hybridized carbons (Fsp3) is 0.579. The van der Waals surface area contributed by atoms with Gasteiger partial charge in [0.15, 0.2) is 11.6 Å². The van der Waals surface area contributed by atoms with Crippen LogP contribution >= 0.6 is 0 Å². The Hall–Kier alpha value is -2.31. The molecule has 1 aliphatic carbocycles. The van der Waals surface area contributed by atoms with Gasteiger partial charge in [0.1, 0.15) is 0 Å². The molecule has 26 heavy (non-hydrogen) atoms. The van der Waals surface area contributed by atoms with Crippen LogP contribution in [0.3, 0.4) is 0 Å². The summed E-state index contributed by atoms with van der Waals surface area (Å²) in [6.07, 6.45) is 6.32. The van der Waals surface area contributed by atoms with E-state index in [-0.39, 0.29) is 16.9 Å². The second-order valence-corrected chi connectivity index (χ2v) is 7.90. The van der Waals surface area contributed by atoms with Crippen LogP contribution < -0.4 is 0 Å². The third-order valence-electron chi connectivity index (χ3n) is 5.66. The van der Waals surface area contributed by atoms with Crippen molar-refractivity contribution in [3.8, 4) is 0 Å². The molecule has 138 valence electrons. The van der Waals surface area contributed by atoms with Gasteiger partial charge in [0.05, 0.1) is 17.2 Å². The lowest BCUT2D eigenvalue weighted by molar-refractivity contribution is 0.0772. The fourth-order valence-corrected chi connectivity index (χ4v) is 4.42. The van der Waals surface area contributed by atoms with Crippen molar-refractivity contribution >= 4 is 5.91 Å². The van der Waals surface area contributed by atoms with E-state index in [0.29, 0.717) is 36.6 Å². The van der Waals surface area contributed by atoms with Crippen LogP contribution in [0.1, 0.15) is 55.2 Å². The third kappa shape index (κ3) is 2.79. The smallest absolute Gasteiger partial charge is 0.256 e. The highest BCUT2D eigenvalue weighted by Crippen LogP contribution is 2.49. The lowest BCUT2D eigenvalue weighted by atomic mass is 9.80. The molecule has 0 aromatic carbocycles. The number of likely N-dealkylation sites (tertiary alicyclic amines) is 1. The molecule has 2 fully saturated rings. The molecule has 0 unspecified atom stereocenters. The zero-order valence-corrected chi connectivity index (χ0v) is 15.1. The Morgan fingerprint density at radius 2 is 2.35 bits per heavy atom. The van der Waals surface area contributed by atoms with Crippen LogP contribution in [-0.2, 0) is 11.8 Å². The predicted octanol–water partition coefficient (Wildman–Crippen LogP) is 3.00. The molecule has 6 nitrogen and oxygen atoms in total. The Bertz CT molecular complexity index is 821. The minimum atomic E-state index is -0.581. The molecular formula is C19H23FN4O2. The zero-order chi connectivity index (χ0) is 18.3. The summed E-state index contributed by atoms with van der Waals surface area (Å²) in [7, 11) is 0. The number of hydrogen-bond donors (Lipinski definition) is 0. The number of pyridine rings is 1. The van der Waals surface area contributed by atoms with Crippen molar-refractivity contribution in [1.29, 1.82) is 0 Å². The molecule has 1 saturated carbocycles. The molecule has 7 heteroatoms. The number of carbonyl (C=O) groups is 1. The molecule has 0 N–H and O–H groups in total. The number of halogens is 1. The van der Waals surface area contributed by atoms with Gasteiger partial charge in [-0.05, 0) is 30.7 Å². The highest BCUT2D eigenvalue weighted by atomic mass is 19.1. The van der Waals surface area contributed by atoms with Gasteiger partial charge in [-0.15, -0.1) is 0 Å². The molecule has 4 rings (SSSR count). The van der Waals surface area contributed by atoms with Gasteiger partial charge in [0, 0.05) is 25.7 Å². The standard InChI is InChI=1S/C19H23FN4O2/c1-12(2)8-16-22-18(23-26-16)19-6-3-4-13(19)10-24(11-19)17(25)14-5-7-21-9-15(14)20/h5,7,9,12-13H,3-4,6,8,10-11H2,1-2H3/t13-,19-/m1/s1. The van der Waals surface area contributed by atoms with Gasteiger partial charge < -0.3 is 9.42 Å². The van der Waals surface area contributed by atoms with Gasteiger partial charge in [-0.25, -0.2) is 4.39 Å². The lowest BCUT2D eigenvalue weighted by Gasteiger charge is -2.24. The average molecular weight is 358 g/mol. The lowest BCUT2D eigenvalue weighted by Crippen LogP contribution is -2.35. The number of fused-ring (bicyclic) bond motifs is 1. The molecule has 2 aliphatic rings. The van der Waals surface area contributed by atoms with Crippen molar-refractivity contribution in [3.05, 3.63) is 41.6 Å². The molecule has 1 amide bonds. The van der Waals surface area contributed by atoms with Gasteiger partial charge in [-0.1, -0.05) is 25.4 Å². The van der Waals surface area contributed by atoms with Crippen LogP contribution in [0.4, 0.5) is 4.39 Å².